The van der Waals surface area contributed by atoms with Crippen molar-refractivity contribution in [2.24, 2.45) is 0 Å². The summed E-state index contributed by atoms with van der Waals surface area (Å²) in [6.45, 7) is 3.92. The first-order chi connectivity index (χ1) is 5.27. The van der Waals surface area contributed by atoms with Gasteiger partial charge in [-0.3, -0.25) is 0 Å². The first-order valence-electron chi connectivity index (χ1n) is 4.28. The number of thioether (sulfide) groups is 1. The largest absolute Gasteiger partial charge is 0.388 e. The highest BCUT2D eigenvalue weighted by molar-refractivity contribution is 7.99. The van der Waals surface area contributed by atoms with E-state index >= 15 is 0 Å². The van der Waals surface area contributed by atoms with Crippen molar-refractivity contribution in [2.75, 3.05) is 24.6 Å². The molecule has 0 aromatic rings. The molecule has 0 radical (unpaired) electrons. The van der Waals surface area contributed by atoms with Crippen molar-refractivity contribution in [3.05, 3.63) is 0 Å². The molecule has 0 aromatic heterocycles. The maximum atomic E-state index is 9.84. The van der Waals surface area contributed by atoms with Gasteiger partial charge in [-0.05, 0) is 30.9 Å². The van der Waals surface area contributed by atoms with Crippen LogP contribution < -0.4 is 5.32 Å². The number of β-amino-alcohol motifs (C(OH)–C–C–N with tert-alkyl or cyclic N) is 1. The molecule has 66 valence electrons. The predicted octanol–water partition coefficient (Wildman–Crippen LogP) is 0.854. The molecule has 2 nitrogen and oxygen atoms in total. The second kappa shape index (κ2) is 4.33. The lowest BCUT2D eigenvalue weighted by atomic mass is 10.0. The molecule has 0 aromatic carbocycles. The van der Waals surface area contributed by atoms with Crippen LogP contribution in [0, 0.1) is 0 Å². The van der Waals surface area contributed by atoms with E-state index < -0.39 is 0 Å². The highest BCUT2D eigenvalue weighted by Crippen LogP contribution is 2.20. The van der Waals surface area contributed by atoms with Crippen LogP contribution in [0.5, 0.6) is 0 Å². The highest BCUT2D eigenvalue weighted by Gasteiger charge is 2.29. The first-order valence-corrected chi connectivity index (χ1v) is 5.43. The molecule has 1 aliphatic heterocycles. The standard InChI is InChI=1S/C8H17NOS/c1-2-11-6-4-8(10)3-5-9-7-8/h9-10H,2-7H2,1H3. The zero-order valence-electron chi connectivity index (χ0n) is 7.10. The van der Waals surface area contributed by atoms with Gasteiger partial charge in [0.15, 0.2) is 0 Å². The van der Waals surface area contributed by atoms with Gasteiger partial charge in [0.2, 0.25) is 0 Å². The van der Waals surface area contributed by atoms with Crippen LogP contribution in [0.15, 0.2) is 0 Å². The average Bonchev–Trinajstić information content (AvgIpc) is 2.38. The van der Waals surface area contributed by atoms with Gasteiger partial charge < -0.3 is 10.4 Å². The van der Waals surface area contributed by atoms with Gasteiger partial charge in [-0.1, -0.05) is 6.92 Å². The summed E-state index contributed by atoms with van der Waals surface area (Å²) in [6, 6.07) is 0. The lowest BCUT2D eigenvalue weighted by molar-refractivity contribution is 0.0588. The molecule has 0 aliphatic carbocycles. The lowest BCUT2D eigenvalue weighted by Gasteiger charge is -2.20. The zero-order valence-corrected chi connectivity index (χ0v) is 7.91. The van der Waals surface area contributed by atoms with E-state index in [1.807, 2.05) is 11.8 Å². The summed E-state index contributed by atoms with van der Waals surface area (Å²) in [5.41, 5.74) is -0.387. The number of aliphatic hydroxyl groups is 1. The van der Waals surface area contributed by atoms with Crippen LogP contribution in [0.25, 0.3) is 0 Å². The molecule has 1 saturated heterocycles. The molecular formula is C8H17NOS. The maximum absolute atomic E-state index is 9.84. The van der Waals surface area contributed by atoms with E-state index in [0.29, 0.717) is 0 Å². The van der Waals surface area contributed by atoms with E-state index in [1.165, 1.54) is 0 Å². The average molecular weight is 175 g/mol. The normalized spacial score (nSPS) is 31.1. The zero-order chi connectivity index (χ0) is 8.16. The Morgan fingerprint density at radius 1 is 1.64 bits per heavy atom. The van der Waals surface area contributed by atoms with Gasteiger partial charge in [0, 0.05) is 6.54 Å². The molecule has 1 aliphatic rings. The smallest absolute Gasteiger partial charge is 0.0791 e. The summed E-state index contributed by atoms with van der Waals surface area (Å²) in [5.74, 6) is 2.25. The summed E-state index contributed by atoms with van der Waals surface area (Å²) in [7, 11) is 0. The third-order valence-corrected chi connectivity index (χ3v) is 3.04. The Bertz CT molecular complexity index is 113. The summed E-state index contributed by atoms with van der Waals surface area (Å²) in [5, 5.41) is 13.0. The third-order valence-electron chi connectivity index (χ3n) is 2.14. The van der Waals surface area contributed by atoms with Crippen molar-refractivity contribution in [2.45, 2.75) is 25.4 Å². The summed E-state index contributed by atoms with van der Waals surface area (Å²) < 4.78 is 0. The molecule has 3 heteroatoms. The number of hydrogen-bond acceptors (Lipinski definition) is 3. The molecular weight excluding hydrogens is 158 g/mol. The quantitative estimate of drug-likeness (QED) is 0.621. The molecule has 1 rings (SSSR count). The van der Waals surface area contributed by atoms with Crippen molar-refractivity contribution < 1.29 is 5.11 Å². The molecule has 1 atom stereocenters. The van der Waals surface area contributed by atoms with Gasteiger partial charge >= 0.3 is 0 Å². The van der Waals surface area contributed by atoms with Crippen LogP contribution in [0.3, 0.4) is 0 Å². The van der Waals surface area contributed by atoms with E-state index in [2.05, 4.69) is 12.2 Å². The number of nitrogens with one attached hydrogen (secondary N) is 1. The molecule has 1 fully saturated rings. The first kappa shape index (κ1) is 9.36. The van der Waals surface area contributed by atoms with Crippen LogP contribution in [0.1, 0.15) is 19.8 Å². The van der Waals surface area contributed by atoms with E-state index in [9.17, 15) is 5.11 Å². The van der Waals surface area contributed by atoms with Gasteiger partial charge in [-0.15, -0.1) is 0 Å². The van der Waals surface area contributed by atoms with Crippen molar-refractivity contribution in [1.82, 2.24) is 5.32 Å². The van der Waals surface area contributed by atoms with Crippen LogP contribution in [0.4, 0.5) is 0 Å². The lowest BCUT2D eigenvalue weighted by Crippen LogP contribution is -2.31. The molecule has 11 heavy (non-hydrogen) atoms. The van der Waals surface area contributed by atoms with Crippen LogP contribution in [0.2, 0.25) is 0 Å². The maximum Gasteiger partial charge on any atom is 0.0791 e. The number of rotatable bonds is 4. The van der Waals surface area contributed by atoms with Gasteiger partial charge in [0.1, 0.15) is 0 Å². The monoisotopic (exact) mass is 175 g/mol. The van der Waals surface area contributed by atoms with E-state index in [-0.39, 0.29) is 5.60 Å². The van der Waals surface area contributed by atoms with Crippen molar-refractivity contribution >= 4 is 11.8 Å². The Balaban J connectivity index is 2.13. The molecule has 1 heterocycles. The van der Waals surface area contributed by atoms with E-state index in [0.717, 1.165) is 37.4 Å². The van der Waals surface area contributed by atoms with E-state index in [4.69, 9.17) is 0 Å². The second-order valence-corrected chi connectivity index (χ2v) is 4.49. The Kier molecular flexibility index (Phi) is 3.69. The Morgan fingerprint density at radius 2 is 2.45 bits per heavy atom. The fourth-order valence-corrected chi connectivity index (χ4v) is 2.16. The Labute approximate surface area is 72.8 Å². The van der Waals surface area contributed by atoms with Crippen LogP contribution >= 0.6 is 11.8 Å². The van der Waals surface area contributed by atoms with Crippen LogP contribution in [-0.2, 0) is 0 Å². The third kappa shape index (κ3) is 3.01. The summed E-state index contributed by atoms with van der Waals surface area (Å²) in [6.07, 6.45) is 1.87. The van der Waals surface area contributed by atoms with Crippen molar-refractivity contribution in [3.63, 3.8) is 0 Å². The minimum atomic E-state index is -0.387. The predicted molar refractivity (Wildman–Crippen MR) is 50.1 cm³/mol. The van der Waals surface area contributed by atoms with Gasteiger partial charge in [0.25, 0.3) is 0 Å². The molecule has 0 spiro atoms. The number of hydrogen-bond donors (Lipinski definition) is 2. The van der Waals surface area contributed by atoms with Gasteiger partial charge in [-0.25, -0.2) is 0 Å². The fourth-order valence-electron chi connectivity index (χ4n) is 1.35. The summed E-state index contributed by atoms with van der Waals surface area (Å²) in [4.78, 5) is 0. The van der Waals surface area contributed by atoms with Crippen molar-refractivity contribution in [1.29, 1.82) is 0 Å². The van der Waals surface area contributed by atoms with Crippen molar-refractivity contribution in [3.8, 4) is 0 Å². The minimum absolute atomic E-state index is 0.387. The van der Waals surface area contributed by atoms with E-state index in [1.54, 1.807) is 0 Å². The fraction of sp³-hybridized carbons (Fsp3) is 1.00. The van der Waals surface area contributed by atoms with Gasteiger partial charge in [-0.2, -0.15) is 11.8 Å². The molecule has 0 amide bonds. The molecule has 2 N–H and O–H groups in total. The Morgan fingerprint density at radius 3 is 3.00 bits per heavy atom. The molecule has 0 saturated carbocycles. The second-order valence-electron chi connectivity index (χ2n) is 3.10. The molecule has 0 bridgehead atoms. The van der Waals surface area contributed by atoms with Crippen LogP contribution in [-0.4, -0.2) is 35.3 Å². The topological polar surface area (TPSA) is 32.3 Å². The SMILES string of the molecule is CCSCCC1(O)CCNC1. The summed E-state index contributed by atoms with van der Waals surface area (Å²) >= 11 is 1.91. The highest BCUT2D eigenvalue weighted by atomic mass is 32.2. The van der Waals surface area contributed by atoms with Gasteiger partial charge in [0.05, 0.1) is 5.60 Å². The Hall–Kier alpha value is 0.270. The molecule has 1 unspecified atom stereocenters. The minimum Gasteiger partial charge on any atom is -0.388 e.